The zero-order valence-electron chi connectivity index (χ0n) is 6.06. The molecular formula is C6H17N3. The molecule has 0 aliphatic heterocycles. The Morgan fingerprint density at radius 1 is 1.11 bits per heavy atom. The molecule has 0 bridgehead atoms. The van der Waals surface area contributed by atoms with Gasteiger partial charge in [-0.2, -0.15) is 0 Å². The molecule has 3 heteroatoms. The van der Waals surface area contributed by atoms with Crippen molar-refractivity contribution in [3.63, 3.8) is 0 Å². The standard InChI is InChI=1S/C6H17N3/c1-6(9,2-4-7)3-5-8/h2-5,7-9H2,1H3. The summed E-state index contributed by atoms with van der Waals surface area (Å²) in [4.78, 5) is 0. The monoisotopic (exact) mass is 131 g/mol. The summed E-state index contributed by atoms with van der Waals surface area (Å²) < 4.78 is 0. The van der Waals surface area contributed by atoms with Gasteiger partial charge in [-0.3, -0.25) is 0 Å². The Bertz CT molecular complexity index is 62.7. The van der Waals surface area contributed by atoms with Crippen LogP contribution in [0.4, 0.5) is 0 Å². The summed E-state index contributed by atoms with van der Waals surface area (Å²) in [6, 6.07) is 0. The molecule has 0 unspecified atom stereocenters. The van der Waals surface area contributed by atoms with E-state index in [1.54, 1.807) is 0 Å². The predicted molar refractivity (Wildman–Crippen MR) is 39.9 cm³/mol. The van der Waals surface area contributed by atoms with Crippen LogP contribution in [0.25, 0.3) is 0 Å². The van der Waals surface area contributed by atoms with E-state index in [-0.39, 0.29) is 5.54 Å². The normalized spacial score (nSPS) is 12.0. The maximum absolute atomic E-state index is 5.78. The van der Waals surface area contributed by atoms with Crippen molar-refractivity contribution < 1.29 is 0 Å². The molecule has 0 aromatic heterocycles. The molecule has 0 saturated carbocycles. The van der Waals surface area contributed by atoms with E-state index in [1.807, 2.05) is 6.92 Å². The van der Waals surface area contributed by atoms with Crippen LogP contribution in [0, 0.1) is 0 Å². The lowest BCUT2D eigenvalue weighted by Gasteiger charge is -2.22. The zero-order valence-corrected chi connectivity index (χ0v) is 6.06. The topological polar surface area (TPSA) is 78.1 Å². The van der Waals surface area contributed by atoms with Crippen LogP contribution in [0.3, 0.4) is 0 Å². The molecular weight excluding hydrogens is 114 g/mol. The molecule has 0 fully saturated rings. The Balaban J connectivity index is 3.43. The summed E-state index contributed by atoms with van der Waals surface area (Å²) in [5.41, 5.74) is 16.3. The van der Waals surface area contributed by atoms with Gasteiger partial charge in [0.25, 0.3) is 0 Å². The Kier molecular flexibility index (Phi) is 3.77. The first kappa shape index (κ1) is 8.88. The lowest BCUT2D eigenvalue weighted by atomic mass is 9.95. The molecule has 0 aromatic rings. The van der Waals surface area contributed by atoms with Gasteiger partial charge in [-0.25, -0.2) is 0 Å². The van der Waals surface area contributed by atoms with Crippen LogP contribution in [0.15, 0.2) is 0 Å². The number of hydrogen-bond donors (Lipinski definition) is 3. The molecule has 0 aromatic carbocycles. The number of hydrogen-bond acceptors (Lipinski definition) is 3. The Morgan fingerprint density at radius 3 is 1.67 bits per heavy atom. The second-order valence-electron chi connectivity index (χ2n) is 2.73. The minimum Gasteiger partial charge on any atom is -0.330 e. The van der Waals surface area contributed by atoms with Crippen LogP contribution >= 0.6 is 0 Å². The summed E-state index contributed by atoms with van der Waals surface area (Å²) in [5.74, 6) is 0. The van der Waals surface area contributed by atoms with Crippen molar-refractivity contribution in [3.8, 4) is 0 Å². The molecule has 0 rings (SSSR count). The average Bonchev–Trinajstić information content (AvgIpc) is 1.64. The van der Waals surface area contributed by atoms with E-state index in [0.717, 1.165) is 12.8 Å². The summed E-state index contributed by atoms with van der Waals surface area (Å²) >= 11 is 0. The average molecular weight is 131 g/mol. The fourth-order valence-electron chi connectivity index (χ4n) is 0.784. The maximum atomic E-state index is 5.78. The molecule has 0 amide bonds. The zero-order chi connectivity index (χ0) is 7.33. The van der Waals surface area contributed by atoms with Crippen molar-refractivity contribution in [3.05, 3.63) is 0 Å². The third-order valence-electron chi connectivity index (χ3n) is 1.43. The summed E-state index contributed by atoms with van der Waals surface area (Å²) in [6.45, 7) is 3.27. The van der Waals surface area contributed by atoms with E-state index in [4.69, 9.17) is 17.2 Å². The van der Waals surface area contributed by atoms with Gasteiger partial charge in [-0.1, -0.05) is 0 Å². The molecule has 0 radical (unpaired) electrons. The van der Waals surface area contributed by atoms with Gasteiger partial charge in [0.15, 0.2) is 0 Å². The van der Waals surface area contributed by atoms with Crippen LogP contribution in [-0.2, 0) is 0 Å². The second-order valence-corrected chi connectivity index (χ2v) is 2.73. The predicted octanol–water partition coefficient (Wildman–Crippen LogP) is -0.599. The fourth-order valence-corrected chi connectivity index (χ4v) is 0.784. The molecule has 0 atom stereocenters. The van der Waals surface area contributed by atoms with Crippen LogP contribution < -0.4 is 17.2 Å². The van der Waals surface area contributed by atoms with Gasteiger partial charge in [0.1, 0.15) is 0 Å². The van der Waals surface area contributed by atoms with E-state index in [0.29, 0.717) is 13.1 Å². The highest BCUT2D eigenvalue weighted by molar-refractivity contribution is 4.78. The van der Waals surface area contributed by atoms with Gasteiger partial charge in [0, 0.05) is 5.54 Å². The smallest absolute Gasteiger partial charge is 0.0149 e. The lowest BCUT2D eigenvalue weighted by Crippen LogP contribution is -2.40. The summed E-state index contributed by atoms with van der Waals surface area (Å²) in [5, 5.41) is 0. The first-order valence-corrected chi connectivity index (χ1v) is 3.31. The fraction of sp³-hybridized carbons (Fsp3) is 1.00. The Hall–Kier alpha value is -0.120. The van der Waals surface area contributed by atoms with Crippen LogP contribution in [-0.4, -0.2) is 18.6 Å². The molecule has 6 N–H and O–H groups in total. The molecule has 0 aliphatic carbocycles. The molecule has 0 saturated heterocycles. The van der Waals surface area contributed by atoms with Gasteiger partial charge in [0.05, 0.1) is 0 Å². The van der Waals surface area contributed by atoms with Crippen LogP contribution in [0.1, 0.15) is 19.8 Å². The third-order valence-corrected chi connectivity index (χ3v) is 1.43. The molecule has 0 aliphatic rings. The SMILES string of the molecule is CC(N)(CCN)CCN. The highest BCUT2D eigenvalue weighted by Gasteiger charge is 2.14. The lowest BCUT2D eigenvalue weighted by molar-refractivity contribution is 0.413. The van der Waals surface area contributed by atoms with Gasteiger partial charge in [-0.15, -0.1) is 0 Å². The van der Waals surface area contributed by atoms with E-state index >= 15 is 0 Å². The van der Waals surface area contributed by atoms with Crippen LogP contribution in [0.5, 0.6) is 0 Å². The van der Waals surface area contributed by atoms with Crippen molar-refractivity contribution >= 4 is 0 Å². The Labute approximate surface area is 56.6 Å². The van der Waals surface area contributed by atoms with E-state index in [9.17, 15) is 0 Å². The minimum absolute atomic E-state index is 0.149. The first-order valence-electron chi connectivity index (χ1n) is 3.31. The largest absolute Gasteiger partial charge is 0.330 e. The van der Waals surface area contributed by atoms with E-state index in [1.165, 1.54) is 0 Å². The highest BCUT2D eigenvalue weighted by Crippen LogP contribution is 2.07. The van der Waals surface area contributed by atoms with Gasteiger partial charge < -0.3 is 17.2 Å². The molecule has 3 nitrogen and oxygen atoms in total. The van der Waals surface area contributed by atoms with Crippen molar-refractivity contribution in [1.29, 1.82) is 0 Å². The van der Waals surface area contributed by atoms with Gasteiger partial charge >= 0.3 is 0 Å². The molecule has 0 heterocycles. The van der Waals surface area contributed by atoms with Crippen molar-refractivity contribution in [2.24, 2.45) is 17.2 Å². The van der Waals surface area contributed by atoms with Crippen LogP contribution in [0.2, 0.25) is 0 Å². The maximum Gasteiger partial charge on any atom is 0.0149 e. The summed E-state index contributed by atoms with van der Waals surface area (Å²) in [7, 11) is 0. The van der Waals surface area contributed by atoms with Crippen molar-refractivity contribution in [2.75, 3.05) is 13.1 Å². The van der Waals surface area contributed by atoms with Crippen molar-refractivity contribution in [1.82, 2.24) is 0 Å². The van der Waals surface area contributed by atoms with Gasteiger partial charge in [-0.05, 0) is 32.9 Å². The number of nitrogens with two attached hydrogens (primary N) is 3. The molecule has 9 heavy (non-hydrogen) atoms. The van der Waals surface area contributed by atoms with E-state index < -0.39 is 0 Å². The first-order chi connectivity index (χ1) is 4.12. The quantitative estimate of drug-likeness (QED) is 0.477. The molecule has 0 spiro atoms. The van der Waals surface area contributed by atoms with Crippen molar-refractivity contribution in [2.45, 2.75) is 25.3 Å². The Morgan fingerprint density at radius 2 is 1.44 bits per heavy atom. The van der Waals surface area contributed by atoms with Gasteiger partial charge in [0.2, 0.25) is 0 Å². The van der Waals surface area contributed by atoms with E-state index in [2.05, 4.69) is 0 Å². The minimum atomic E-state index is -0.149. The number of rotatable bonds is 4. The second kappa shape index (κ2) is 3.82. The summed E-state index contributed by atoms with van der Waals surface area (Å²) in [6.07, 6.45) is 1.70. The highest BCUT2D eigenvalue weighted by atomic mass is 14.7. The molecule has 56 valence electrons. The third kappa shape index (κ3) is 4.39.